The van der Waals surface area contributed by atoms with Crippen molar-refractivity contribution in [1.29, 1.82) is 0 Å². The van der Waals surface area contributed by atoms with E-state index in [9.17, 15) is 4.79 Å². The maximum atomic E-state index is 12.7. The van der Waals surface area contributed by atoms with Crippen molar-refractivity contribution in [3.8, 4) is 16.9 Å². The maximum Gasteiger partial charge on any atom is 0.259 e. The number of hydrogen-bond donors (Lipinski definition) is 1. The van der Waals surface area contributed by atoms with E-state index >= 15 is 0 Å². The first-order valence-electron chi connectivity index (χ1n) is 8.64. The number of aromatic nitrogens is 2. The highest BCUT2D eigenvalue weighted by Crippen LogP contribution is 2.24. The van der Waals surface area contributed by atoms with Crippen LogP contribution in [0.5, 0.6) is 5.75 Å². The van der Waals surface area contributed by atoms with Crippen LogP contribution < -0.4 is 10.1 Å². The van der Waals surface area contributed by atoms with Crippen LogP contribution in [0.25, 0.3) is 16.6 Å². The Hall–Kier alpha value is -3.60. The second kappa shape index (κ2) is 6.96. The molecular formula is C22H19N3O2. The van der Waals surface area contributed by atoms with Crippen LogP contribution in [0.1, 0.15) is 15.9 Å². The first-order valence-corrected chi connectivity index (χ1v) is 8.64. The number of benzene rings is 2. The van der Waals surface area contributed by atoms with Crippen LogP contribution in [-0.2, 0) is 0 Å². The SMILES string of the molecule is COc1ccc(-c2ccc3c(C(=O)Nc4ccccc4C)cnn3c2)cc1. The number of rotatable bonds is 4. The molecule has 4 rings (SSSR count). The van der Waals surface area contributed by atoms with Gasteiger partial charge < -0.3 is 10.1 Å². The summed E-state index contributed by atoms with van der Waals surface area (Å²) < 4.78 is 6.93. The number of pyridine rings is 1. The van der Waals surface area contributed by atoms with Gasteiger partial charge in [0.15, 0.2) is 0 Å². The molecule has 134 valence electrons. The van der Waals surface area contributed by atoms with Gasteiger partial charge in [-0.05, 0) is 42.3 Å². The largest absolute Gasteiger partial charge is 0.497 e. The van der Waals surface area contributed by atoms with Gasteiger partial charge in [0.1, 0.15) is 5.75 Å². The van der Waals surface area contributed by atoms with E-state index in [4.69, 9.17) is 4.74 Å². The van der Waals surface area contributed by atoms with Crippen LogP contribution in [0, 0.1) is 6.92 Å². The second-order valence-corrected chi connectivity index (χ2v) is 6.30. The second-order valence-electron chi connectivity index (χ2n) is 6.30. The number of anilines is 1. The van der Waals surface area contributed by atoms with Crippen molar-refractivity contribution in [3.05, 3.63) is 84.2 Å². The summed E-state index contributed by atoms with van der Waals surface area (Å²) >= 11 is 0. The Bertz CT molecular complexity index is 1110. The quantitative estimate of drug-likeness (QED) is 0.582. The highest BCUT2D eigenvalue weighted by Gasteiger charge is 2.14. The Morgan fingerprint density at radius 1 is 1.00 bits per heavy atom. The molecule has 0 unspecified atom stereocenters. The molecular weight excluding hydrogens is 338 g/mol. The molecule has 0 atom stereocenters. The first kappa shape index (κ1) is 16.8. The van der Waals surface area contributed by atoms with Crippen LogP contribution in [0.2, 0.25) is 0 Å². The molecule has 0 fully saturated rings. The fourth-order valence-electron chi connectivity index (χ4n) is 3.02. The Kier molecular flexibility index (Phi) is 4.34. The number of ether oxygens (including phenoxy) is 1. The van der Waals surface area contributed by atoms with E-state index in [2.05, 4.69) is 10.4 Å². The molecule has 1 N–H and O–H groups in total. The molecule has 0 saturated heterocycles. The fraction of sp³-hybridized carbons (Fsp3) is 0.0909. The number of nitrogens with one attached hydrogen (secondary N) is 1. The molecule has 0 aliphatic carbocycles. The molecule has 5 nitrogen and oxygen atoms in total. The minimum absolute atomic E-state index is 0.170. The molecule has 1 amide bonds. The molecule has 2 aromatic heterocycles. The fourth-order valence-corrected chi connectivity index (χ4v) is 3.02. The van der Waals surface area contributed by atoms with Gasteiger partial charge in [0, 0.05) is 17.4 Å². The lowest BCUT2D eigenvalue weighted by Crippen LogP contribution is -2.12. The van der Waals surface area contributed by atoms with Gasteiger partial charge in [0.05, 0.1) is 24.4 Å². The monoisotopic (exact) mass is 357 g/mol. The summed E-state index contributed by atoms with van der Waals surface area (Å²) in [5.41, 5.74) is 5.19. The molecule has 0 aliphatic heterocycles. The van der Waals surface area contributed by atoms with E-state index in [1.807, 2.05) is 73.8 Å². The zero-order valence-corrected chi connectivity index (χ0v) is 15.1. The van der Waals surface area contributed by atoms with Crippen molar-refractivity contribution >= 4 is 17.1 Å². The third kappa shape index (κ3) is 3.27. The average Bonchev–Trinajstić information content (AvgIpc) is 3.13. The van der Waals surface area contributed by atoms with Crippen LogP contribution >= 0.6 is 0 Å². The first-order chi connectivity index (χ1) is 13.2. The Labute approximate surface area is 157 Å². The van der Waals surface area contributed by atoms with Gasteiger partial charge in [0.25, 0.3) is 5.91 Å². The third-order valence-electron chi connectivity index (χ3n) is 4.58. The number of methoxy groups -OCH3 is 1. The molecule has 4 aromatic rings. The predicted molar refractivity (Wildman–Crippen MR) is 106 cm³/mol. The summed E-state index contributed by atoms with van der Waals surface area (Å²) in [6.07, 6.45) is 3.52. The highest BCUT2D eigenvalue weighted by molar-refractivity contribution is 6.09. The van der Waals surface area contributed by atoms with Gasteiger partial charge in [-0.25, -0.2) is 4.52 Å². The molecule has 27 heavy (non-hydrogen) atoms. The summed E-state index contributed by atoms with van der Waals surface area (Å²) in [7, 11) is 1.65. The number of hydrogen-bond acceptors (Lipinski definition) is 3. The van der Waals surface area contributed by atoms with Crippen LogP contribution in [0.4, 0.5) is 5.69 Å². The zero-order valence-electron chi connectivity index (χ0n) is 15.1. The predicted octanol–water partition coefficient (Wildman–Crippen LogP) is 4.57. The molecule has 2 aromatic carbocycles. The Morgan fingerprint density at radius 2 is 1.74 bits per heavy atom. The van der Waals surface area contributed by atoms with E-state index < -0.39 is 0 Å². The molecule has 0 radical (unpaired) electrons. The van der Waals surface area contributed by atoms with Crippen molar-refractivity contribution in [2.75, 3.05) is 12.4 Å². The number of carbonyl (C=O) groups excluding carboxylic acids is 1. The van der Waals surface area contributed by atoms with Crippen molar-refractivity contribution in [2.24, 2.45) is 0 Å². The van der Waals surface area contributed by atoms with E-state index in [1.54, 1.807) is 17.8 Å². The van der Waals surface area contributed by atoms with Crippen molar-refractivity contribution < 1.29 is 9.53 Å². The number of para-hydroxylation sites is 1. The number of aryl methyl sites for hydroxylation is 1. The lowest BCUT2D eigenvalue weighted by molar-refractivity contribution is 0.102. The van der Waals surface area contributed by atoms with Crippen molar-refractivity contribution in [3.63, 3.8) is 0 Å². The minimum Gasteiger partial charge on any atom is -0.497 e. The van der Waals surface area contributed by atoms with Crippen LogP contribution in [-0.4, -0.2) is 22.6 Å². The molecule has 0 bridgehead atoms. The number of nitrogens with zero attached hydrogens (tertiary/aromatic N) is 2. The van der Waals surface area contributed by atoms with E-state index in [1.165, 1.54) is 0 Å². The topological polar surface area (TPSA) is 55.6 Å². The van der Waals surface area contributed by atoms with Gasteiger partial charge in [0.2, 0.25) is 0 Å². The zero-order chi connectivity index (χ0) is 18.8. The van der Waals surface area contributed by atoms with E-state index in [0.29, 0.717) is 5.56 Å². The summed E-state index contributed by atoms with van der Waals surface area (Å²) in [6, 6.07) is 19.4. The summed E-state index contributed by atoms with van der Waals surface area (Å²) in [6.45, 7) is 1.97. The maximum absolute atomic E-state index is 12.7. The third-order valence-corrected chi connectivity index (χ3v) is 4.58. The molecule has 0 spiro atoms. The standard InChI is InChI=1S/C22H19N3O2/c1-15-5-3-4-6-20(15)24-22(26)19-13-23-25-14-17(9-12-21(19)25)16-7-10-18(27-2)11-8-16/h3-14H,1-2H3,(H,24,26). The van der Waals surface area contributed by atoms with Gasteiger partial charge in [-0.3, -0.25) is 4.79 Å². The summed E-state index contributed by atoms with van der Waals surface area (Å²) in [5.74, 6) is 0.644. The van der Waals surface area contributed by atoms with E-state index in [-0.39, 0.29) is 5.91 Å². The summed E-state index contributed by atoms with van der Waals surface area (Å²) in [5, 5.41) is 7.31. The lowest BCUT2D eigenvalue weighted by atomic mass is 10.1. The number of amides is 1. The number of carbonyl (C=O) groups is 1. The summed E-state index contributed by atoms with van der Waals surface area (Å²) in [4.78, 5) is 12.7. The highest BCUT2D eigenvalue weighted by atomic mass is 16.5. The van der Waals surface area contributed by atoms with Gasteiger partial charge in [-0.1, -0.05) is 36.4 Å². The Balaban J connectivity index is 1.64. The minimum atomic E-state index is -0.170. The normalized spacial score (nSPS) is 10.7. The number of fused-ring (bicyclic) bond motifs is 1. The van der Waals surface area contributed by atoms with Crippen LogP contribution in [0.3, 0.4) is 0 Å². The molecule has 0 aliphatic rings. The smallest absolute Gasteiger partial charge is 0.259 e. The Morgan fingerprint density at radius 3 is 2.48 bits per heavy atom. The van der Waals surface area contributed by atoms with Crippen LogP contribution in [0.15, 0.2) is 73.1 Å². The van der Waals surface area contributed by atoms with Crippen molar-refractivity contribution in [2.45, 2.75) is 6.92 Å². The van der Waals surface area contributed by atoms with Gasteiger partial charge in [-0.2, -0.15) is 5.10 Å². The van der Waals surface area contributed by atoms with Gasteiger partial charge >= 0.3 is 0 Å². The lowest BCUT2D eigenvalue weighted by Gasteiger charge is -2.08. The molecule has 0 saturated carbocycles. The molecule has 2 heterocycles. The molecule has 5 heteroatoms. The average molecular weight is 357 g/mol. The van der Waals surface area contributed by atoms with E-state index in [0.717, 1.165) is 33.6 Å². The van der Waals surface area contributed by atoms with Crippen molar-refractivity contribution in [1.82, 2.24) is 9.61 Å². The van der Waals surface area contributed by atoms with Gasteiger partial charge in [-0.15, -0.1) is 0 Å².